The Hall–Kier alpha value is -3.17. The van der Waals surface area contributed by atoms with E-state index < -0.39 is 42.2 Å². The van der Waals surface area contributed by atoms with Crippen LogP contribution in [0, 0.1) is 5.82 Å². The quantitative estimate of drug-likeness (QED) is 0.303. The van der Waals surface area contributed by atoms with Crippen LogP contribution in [0.25, 0.3) is 17.2 Å². The molecule has 3 N–H and O–H groups in total. The van der Waals surface area contributed by atoms with Gasteiger partial charge in [-0.2, -0.15) is 0 Å². The van der Waals surface area contributed by atoms with Gasteiger partial charge in [0.25, 0.3) is 12.3 Å². The van der Waals surface area contributed by atoms with E-state index in [0.717, 1.165) is 34.5 Å². The first-order valence-electron chi connectivity index (χ1n) is 8.52. The van der Waals surface area contributed by atoms with Crippen LogP contribution in [-0.2, 0) is 4.79 Å². The summed E-state index contributed by atoms with van der Waals surface area (Å²) in [5.41, 5.74) is -1.10. The number of nitrogens with one attached hydrogen (secondary N) is 1. The molecule has 11 nitrogen and oxygen atoms in total. The number of carbonyl (C=O) groups is 1. The molecule has 0 saturated carbocycles. The molecule has 1 aromatic carbocycles. The van der Waals surface area contributed by atoms with Crippen molar-refractivity contribution in [2.24, 2.45) is 0 Å². The zero-order chi connectivity index (χ0) is 22.5. The Morgan fingerprint density at radius 2 is 2.06 bits per heavy atom. The fourth-order valence-electron chi connectivity index (χ4n) is 2.40. The van der Waals surface area contributed by atoms with E-state index in [1.54, 1.807) is 0 Å². The number of halogens is 3. The maximum Gasteiger partial charge on any atom is 0.446 e. The van der Waals surface area contributed by atoms with E-state index >= 15 is 0 Å². The molecule has 2 aromatic heterocycles. The molecule has 0 radical (unpaired) electrons. The minimum Gasteiger partial charge on any atom is -0.393 e. The highest BCUT2D eigenvalue weighted by Gasteiger charge is 2.24. The largest absolute Gasteiger partial charge is 0.446 e. The van der Waals surface area contributed by atoms with Crippen molar-refractivity contribution < 1.29 is 37.3 Å². The Kier molecular flexibility index (Phi) is 7.09. The van der Waals surface area contributed by atoms with Crippen LogP contribution in [0.5, 0.6) is 0 Å². The first-order chi connectivity index (χ1) is 14.8. The highest BCUT2D eigenvalue weighted by molar-refractivity contribution is 7.99. The summed E-state index contributed by atoms with van der Waals surface area (Å²) in [6.45, 7) is -0.648. The second-order valence-electron chi connectivity index (χ2n) is 5.87. The van der Waals surface area contributed by atoms with Crippen LogP contribution in [0.1, 0.15) is 12.0 Å². The van der Waals surface area contributed by atoms with Crippen LogP contribution >= 0.6 is 11.8 Å². The van der Waals surface area contributed by atoms with E-state index in [0.29, 0.717) is 0 Å². The third kappa shape index (κ3) is 4.95. The lowest BCUT2D eigenvalue weighted by atomic mass is 10.2. The van der Waals surface area contributed by atoms with Gasteiger partial charge in [-0.15, -0.1) is 0 Å². The van der Waals surface area contributed by atoms with Crippen molar-refractivity contribution in [1.29, 1.82) is 0 Å². The summed E-state index contributed by atoms with van der Waals surface area (Å²) >= 11 is 1.03. The number of aromatic nitrogens is 4. The van der Waals surface area contributed by atoms with Gasteiger partial charge in [0, 0.05) is 12.3 Å². The molecule has 31 heavy (non-hydrogen) atoms. The molecule has 1 unspecified atom stereocenters. The highest BCUT2D eigenvalue weighted by Crippen LogP contribution is 2.29. The predicted octanol–water partition coefficient (Wildman–Crippen LogP) is 0.514. The van der Waals surface area contributed by atoms with Crippen molar-refractivity contribution in [2.45, 2.75) is 17.6 Å². The number of hydrogen-bond donors (Lipinski definition) is 3. The van der Waals surface area contributed by atoms with E-state index in [9.17, 15) is 27.9 Å². The number of rotatable bonds is 9. The van der Waals surface area contributed by atoms with Gasteiger partial charge in [0.05, 0.1) is 17.9 Å². The topological polar surface area (TPSA) is 157 Å². The zero-order valence-electron chi connectivity index (χ0n) is 15.4. The van der Waals surface area contributed by atoms with Crippen LogP contribution in [0.4, 0.5) is 13.2 Å². The SMILES string of the molecule is O=C(NCCSc1nonc1-c1noc(=O)n1-c1ccc(F)c(C(F)F)c1)C(O)CO. The highest BCUT2D eigenvalue weighted by atomic mass is 32.2. The first-order valence-corrected chi connectivity index (χ1v) is 9.51. The summed E-state index contributed by atoms with van der Waals surface area (Å²) in [5, 5.41) is 31.3. The standard InChI is InChI=1S/C16H14F3N5O6S/c17-9-2-1-7(5-8(9)12(18)19)24-13(22-29-16(24)28)11-15(23-30-21-11)31-4-3-20-14(27)10(26)6-25/h1-2,5,10,12,25-26H,3-4,6H2,(H,20,27). The number of hydrogen-bond acceptors (Lipinski definition) is 10. The number of alkyl halides is 2. The van der Waals surface area contributed by atoms with Gasteiger partial charge in [-0.05, 0) is 28.5 Å². The van der Waals surface area contributed by atoms with Crippen molar-refractivity contribution in [2.75, 3.05) is 18.9 Å². The van der Waals surface area contributed by atoms with Gasteiger partial charge in [0.1, 0.15) is 5.82 Å². The monoisotopic (exact) mass is 461 g/mol. The fraction of sp³-hybridized carbons (Fsp3) is 0.312. The third-order valence-corrected chi connectivity index (χ3v) is 4.81. The molecule has 1 amide bonds. The summed E-state index contributed by atoms with van der Waals surface area (Å²) in [4.78, 5) is 23.5. The van der Waals surface area contributed by atoms with Gasteiger partial charge in [-0.3, -0.25) is 9.32 Å². The Morgan fingerprint density at radius 1 is 1.29 bits per heavy atom. The van der Waals surface area contributed by atoms with Crippen LogP contribution < -0.4 is 11.1 Å². The Bertz CT molecular complexity index is 1120. The lowest BCUT2D eigenvalue weighted by molar-refractivity contribution is -0.131. The summed E-state index contributed by atoms with van der Waals surface area (Å²) in [5.74, 6) is -2.94. The van der Waals surface area contributed by atoms with Crippen LogP contribution in [0.3, 0.4) is 0 Å². The maximum atomic E-state index is 13.6. The van der Waals surface area contributed by atoms with E-state index in [1.807, 2.05) is 0 Å². The van der Waals surface area contributed by atoms with Crippen LogP contribution in [0.15, 0.2) is 37.2 Å². The summed E-state index contributed by atoms with van der Waals surface area (Å²) in [6.07, 6.45) is -4.66. The second-order valence-corrected chi connectivity index (χ2v) is 6.95. The average Bonchev–Trinajstić information content (AvgIpc) is 3.36. The lowest BCUT2D eigenvalue weighted by Gasteiger charge is -2.08. The van der Waals surface area contributed by atoms with Crippen molar-refractivity contribution >= 4 is 17.7 Å². The lowest BCUT2D eigenvalue weighted by Crippen LogP contribution is -2.37. The van der Waals surface area contributed by atoms with E-state index in [1.165, 1.54) is 0 Å². The van der Waals surface area contributed by atoms with Gasteiger partial charge in [0.2, 0.25) is 5.82 Å². The molecule has 0 fully saturated rings. The summed E-state index contributed by atoms with van der Waals surface area (Å²) in [6, 6.07) is 2.65. The maximum absolute atomic E-state index is 13.6. The fourth-order valence-corrected chi connectivity index (χ4v) is 3.15. The predicted molar refractivity (Wildman–Crippen MR) is 97.1 cm³/mol. The Labute approximate surface area is 174 Å². The van der Waals surface area contributed by atoms with Crippen LogP contribution in [0.2, 0.25) is 0 Å². The molecule has 0 aliphatic heterocycles. The second kappa shape index (κ2) is 9.76. The van der Waals surface area contributed by atoms with Crippen molar-refractivity contribution in [3.63, 3.8) is 0 Å². The number of amides is 1. The number of benzene rings is 1. The molecule has 0 aliphatic rings. The minimum atomic E-state index is -3.11. The molecule has 2 heterocycles. The zero-order valence-corrected chi connectivity index (χ0v) is 16.2. The van der Waals surface area contributed by atoms with Gasteiger partial charge in [0.15, 0.2) is 16.8 Å². The first kappa shape index (κ1) is 22.5. The number of thioether (sulfide) groups is 1. The molecule has 15 heteroatoms. The van der Waals surface area contributed by atoms with Crippen LogP contribution in [-0.4, -0.2) is 61.2 Å². The Morgan fingerprint density at radius 3 is 2.77 bits per heavy atom. The molecular formula is C16H14F3N5O6S. The molecule has 1 atom stereocenters. The van der Waals surface area contributed by atoms with Crippen molar-refractivity contribution in [1.82, 2.24) is 25.4 Å². The Balaban J connectivity index is 1.82. The van der Waals surface area contributed by atoms with Gasteiger partial charge < -0.3 is 15.5 Å². The normalized spacial score (nSPS) is 12.3. The van der Waals surface area contributed by atoms with Crippen molar-refractivity contribution in [3.05, 3.63) is 40.1 Å². The van der Waals surface area contributed by atoms with Gasteiger partial charge in [-0.25, -0.2) is 27.2 Å². The number of aliphatic hydroxyl groups is 2. The van der Waals surface area contributed by atoms with Gasteiger partial charge in [-0.1, -0.05) is 16.9 Å². The smallest absolute Gasteiger partial charge is 0.393 e. The third-order valence-electron chi connectivity index (χ3n) is 3.86. The van der Waals surface area contributed by atoms with E-state index in [2.05, 4.69) is 29.9 Å². The summed E-state index contributed by atoms with van der Waals surface area (Å²) < 4.78 is 49.7. The molecule has 0 spiro atoms. The van der Waals surface area contributed by atoms with Crippen molar-refractivity contribution in [3.8, 4) is 17.2 Å². The molecule has 3 aromatic rings. The molecule has 3 rings (SSSR count). The molecule has 0 saturated heterocycles. The average molecular weight is 461 g/mol. The number of carbonyl (C=O) groups excluding carboxylic acids is 1. The number of aliphatic hydroxyl groups excluding tert-OH is 2. The van der Waals surface area contributed by atoms with E-state index in [-0.39, 0.29) is 34.5 Å². The molecule has 0 aliphatic carbocycles. The summed E-state index contributed by atoms with van der Waals surface area (Å²) in [7, 11) is 0. The number of nitrogens with zero attached hydrogens (tertiary/aromatic N) is 4. The van der Waals surface area contributed by atoms with E-state index in [4.69, 9.17) is 5.11 Å². The molecule has 0 bridgehead atoms. The van der Waals surface area contributed by atoms with Gasteiger partial charge >= 0.3 is 5.76 Å². The molecule has 166 valence electrons. The minimum absolute atomic E-state index is 0.0551. The molecular weight excluding hydrogens is 447 g/mol.